The van der Waals surface area contributed by atoms with Gasteiger partial charge < -0.3 is 34.7 Å². The van der Waals surface area contributed by atoms with Crippen molar-refractivity contribution in [3.8, 4) is 0 Å². The summed E-state index contributed by atoms with van der Waals surface area (Å²) in [7, 11) is 1.61. The second-order valence-corrected chi connectivity index (χ2v) is 8.53. The molecule has 0 fully saturated rings. The van der Waals surface area contributed by atoms with Crippen molar-refractivity contribution in [2.75, 3.05) is 72.2 Å². The van der Waals surface area contributed by atoms with Crippen molar-refractivity contribution in [3.05, 3.63) is 34.4 Å². The Labute approximate surface area is 227 Å². The molecule has 0 bridgehead atoms. The van der Waals surface area contributed by atoms with E-state index in [9.17, 15) is 14.0 Å². The number of carbonyl (C=O) groups is 1. The maximum Gasteiger partial charge on any atom is 0.346 e. The van der Waals surface area contributed by atoms with Gasteiger partial charge in [-0.25, -0.2) is 9.18 Å². The summed E-state index contributed by atoms with van der Waals surface area (Å²) in [6, 6.07) is 0. The number of aromatic nitrogens is 5. The number of amides is 1. The fourth-order valence-electron chi connectivity index (χ4n) is 2.64. The molecular formula is C24H42FN7O7. The van der Waals surface area contributed by atoms with Gasteiger partial charge in [-0.05, 0) is 12.3 Å². The van der Waals surface area contributed by atoms with Crippen LogP contribution in [0.5, 0.6) is 0 Å². The minimum atomic E-state index is -0.713. The molecule has 14 nitrogen and oxygen atoms in total. The monoisotopic (exact) mass is 559 g/mol. The van der Waals surface area contributed by atoms with E-state index in [0.29, 0.717) is 78.4 Å². The molecule has 2 aromatic rings. The highest BCUT2D eigenvalue weighted by molar-refractivity contribution is 5.75. The highest BCUT2D eigenvalue weighted by atomic mass is 19.1. The summed E-state index contributed by atoms with van der Waals surface area (Å²) >= 11 is 0. The molecule has 222 valence electrons. The molecule has 0 aromatic carbocycles. The number of halogens is 1. The highest BCUT2D eigenvalue weighted by Crippen LogP contribution is 2.03. The summed E-state index contributed by atoms with van der Waals surface area (Å²) in [4.78, 5) is 26.3. The summed E-state index contributed by atoms with van der Waals surface area (Å²) in [6.45, 7) is 10.1. The van der Waals surface area contributed by atoms with Gasteiger partial charge in [0, 0.05) is 20.0 Å². The van der Waals surface area contributed by atoms with Gasteiger partial charge >= 0.3 is 5.69 Å². The van der Waals surface area contributed by atoms with Gasteiger partial charge in [0.05, 0.1) is 78.5 Å². The first kappa shape index (κ1) is 34.0. The van der Waals surface area contributed by atoms with E-state index in [2.05, 4.69) is 34.5 Å². The van der Waals surface area contributed by atoms with Crippen LogP contribution in [0, 0.1) is 11.7 Å². The molecule has 2 heterocycles. The fraction of sp³-hybridized carbons (Fsp3) is 0.708. The average molecular weight is 560 g/mol. The third-order valence-electron chi connectivity index (χ3n) is 4.81. The third-order valence-corrected chi connectivity index (χ3v) is 4.81. The first-order chi connectivity index (χ1) is 18.8. The quantitative estimate of drug-likeness (QED) is 0.193. The Hall–Kier alpha value is -2.98. The van der Waals surface area contributed by atoms with E-state index in [1.54, 1.807) is 7.05 Å². The van der Waals surface area contributed by atoms with Crippen molar-refractivity contribution >= 4 is 11.7 Å². The molecule has 39 heavy (non-hydrogen) atoms. The molecule has 0 saturated heterocycles. The Morgan fingerprint density at radius 3 is 2.10 bits per heavy atom. The number of hydrogen-bond donors (Lipinski definition) is 3. The zero-order valence-electron chi connectivity index (χ0n) is 23.0. The van der Waals surface area contributed by atoms with Gasteiger partial charge in [-0.1, -0.05) is 19.1 Å². The molecule has 1 amide bonds. The van der Waals surface area contributed by atoms with Crippen LogP contribution in [-0.2, 0) is 41.6 Å². The largest absolute Gasteiger partial charge is 0.383 e. The van der Waals surface area contributed by atoms with E-state index in [-0.39, 0.29) is 11.7 Å². The lowest BCUT2D eigenvalue weighted by Crippen LogP contribution is -2.20. The van der Waals surface area contributed by atoms with E-state index in [1.807, 2.05) is 15.9 Å². The van der Waals surface area contributed by atoms with Crippen LogP contribution in [0.25, 0.3) is 0 Å². The van der Waals surface area contributed by atoms with E-state index in [0.717, 1.165) is 24.9 Å². The van der Waals surface area contributed by atoms with Crippen molar-refractivity contribution in [2.24, 2.45) is 5.92 Å². The predicted molar refractivity (Wildman–Crippen MR) is 140 cm³/mol. The van der Waals surface area contributed by atoms with Crippen LogP contribution in [0.3, 0.4) is 0 Å². The lowest BCUT2D eigenvalue weighted by atomic mass is 10.1. The molecular weight excluding hydrogens is 517 g/mol. The second kappa shape index (κ2) is 21.9. The molecule has 0 aliphatic carbocycles. The van der Waals surface area contributed by atoms with Crippen molar-refractivity contribution in [2.45, 2.75) is 39.8 Å². The first-order valence-corrected chi connectivity index (χ1v) is 12.8. The maximum absolute atomic E-state index is 12.1. The standard InChI is InChI=1S/C20H38N4O6.C4H4FN3O/c1-18(2)4-6-24-16-19(22-23-24)17-30-15-14-29-13-12-28-11-10-27-9-8-26-7-5-20(25)21-3;5-2-1-7-4(9)8-3(2)6/h16,18H,4-15,17H2,1-3H3,(H,21,25);1H,(H3,6,7,8,9). The van der Waals surface area contributed by atoms with E-state index in [4.69, 9.17) is 29.4 Å². The van der Waals surface area contributed by atoms with Crippen molar-refractivity contribution in [3.63, 3.8) is 0 Å². The summed E-state index contributed by atoms with van der Waals surface area (Å²) < 4.78 is 41.1. The van der Waals surface area contributed by atoms with Gasteiger partial charge in [-0.15, -0.1) is 5.10 Å². The molecule has 0 saturated carbocycles. The Bertz CT molecular complexity index is 959. The molecule has 4 N–H and O–H groups in total. The average Bonchev–Trinajstić information content (AvgIpc) is 3.37. The third kappa shape index (κ3) is 18.8. The number of hydrogen-bond acceptors (Lipinski definition) is 11. The Balaban J connectivity index is 0.000000708. The second-order valence-electron chi connectivity index (χ2n) is 8.53. The summed E-state index contributed by atoms with van der Waals surface area (Å²) in [5, 5.41) is 10.7. The molecule has 0 radical (unpaired) electrons. The number of aryl methyl sites for hydroxylation is 1. The summed E-state index contributed by atoms with van der Waals surface area (Å²) in [5.74, 6) is -0.376. The molecule has 2 rings (SSSR count). The van der Waals surface area contributed by atoms with Gasteiger partial charge in [0.2, 0.25) is 5.91 Å². The lowest BCUT2D eigenvalue weighted by Gasteiger charge is -2.07. The van der Waals surface area contributed by atoms with Crippen LogP contribution >= 0.6 is 0 Å². The molecule has 0 aliphatic rings. The smallest absolute Gasteiger partial charge is 0.346 e. The number of aromatic amines is 1. The predicted octanol–water partition coefficient (Wildman–Crippen LogP) is 0.535. The number of rotatable bonds is 20. The summed E-state index contributed by atoms with van der Waals surface area (Å²) in [5.41, 5.74) is 5.14. The summed E-state index contributed by atoms with van der Waals surface area (Å²) in [6.07, 6.45) is 4.15. The molecule has 0 spiro atoms. The van der Waals surface area contributed by atoms with E-state index < -0.39 is 11.5 Å². The van der Waals surface area contributed by atoms with Crippen LogP contribution in [0.15, 0.2) is 17.2 Å². The minimum Gasteiger partial charge on any atom is -0.383 e. The van der Waals surface area contributed by atoms with Gasteiger partial charge in [0.25, 0.3) is 0 Å². The number of nitrogen functional groups attached to an aromatic ring is 1. The zero-order chi connectivity index (χ0) is 28.7. The highest BCUT2D eigenvalue weighted by Gasteiger charge is 2.02. The molecule has 0 unspecified atom stereocenters. The SMILES string of the molecule is CNC(=O)CCOCCOCCOCCOCCOCc1cn(CCC(C)C)nn1.Nc1[nH]c(=O)ncc1F. The number of carbonyl (C=O) groups excluding carboxylic acids is 1. The van der Waals surface area contributed by atoms with Crippen molar-refractivity contribution < 1.29 is 32.9 Å². The normalized spacial score (nSPS) is 10.9. The minimum absolute atomic E-state index is 0.0281. The molecule has 2 aromatic heterocycles. The van der Waals surface area contributed by atoms with Gasteiger partial charge in [-0.2, -0.15) is 4.98 Å². The van der Waals surface area contributed by atoms with Gasteiger partial charge in [0.15, 0.2) is 5.82 Å². The van der Waals surface area contributed by atoms with Crippen LogP contribution in [0.1, 0.15) is 32.4 Å². The molecule has 15 heteroatoms. The van der Waals surface area contributed by atoms with Crippen molar-refractivity contribution in [1.29, 1.82) is 0 Å². The topological polar surface area (TPSA) is 178 Å². The maximum atomic E-state index is 12.1. The van der Waals surface area contributed by atoms with E-state index in [1.165, 1.54) is 0 Å². The Kier molecular flexibility index (Phi) is 19.1. The molecule has 0 aliphatic heterocycles. The number of nitrogens with two attached hydrogens (primary N) is 1. The van der Waals surface area contributed by atoms with Crippen LogP contribution in [0.4, 0.5) is 10.2 Å². The first-order valence-electron chi connectivity index (χ1n) is 12.8. The van der Waals surface area contributed by atoms with Crippen LogP contribution in [-0.4, -0.2) is 97.4 Å². The number of nitrogens with one attached hydrogen (secondary N) is 2. The Morgan fingerprint density at radius 2 is 1.59 bits per heavy atom. The molecule has 0 atom stereocenters. The van der Waals surface area contributed by atoms with Crippen molar-refractivity contribution in [1.82, 2.24) is 30.3 Å². The van der Waals surface area contributed by atoms with E-state index >= 15 is 0 Å². The number of H-pyrrole nitrogens is 1. The van der Waals surface area contributed by atoms with Crippen LogP contribution in [0.2, 0.25) is 0 Å². The van der Waals surface area contributed by atoms with Gasteiger partial charge in [0.1, 0.15) is 11.5 Å². The lowest BCUT2D eigenvalue weighted by molar-refractivity contribution is -0.121. The fourth-order valence-corrected chi connectivity index (χ4v) is 2.64. The number of anilines is 1. The van der Waals surface area contributed by atoms with Gasteiger partial charge in [-0.3, -0.25) is 14.5 Å². The number of nitrogens with zero attached hydrogens (tertiary/aromatic N) is 4. The Morgan fingerprint density at radius 1 is 1.03 bits per heavy atom. The zero-order valence-corrected chi connectivity index (χ0v) is 23.0. The number of ether oxygens (including phenoxy) is 5. The van der Waals surface area contributed by atoms with Crippen LogP contribution < -0.4 is 16.7 Å².